The molecule has 0 bridgehead atoms. The standard InChI is InChI=1S/C15H31N3/c1-4-14(16-3)7-5-9-17-12-15-8-6-10-18(15)11-13(17)2/h13-16H,4-12H2,1-3H3. The molecule has 3 heteroatoms. The maximum absolute atomic E-state index is 3.41. The van der Waals surface area contributed by atoms with Crippen LogP contribution in [-0.4, -0.2) is 61.2 Å². The van der Waals surface area contributed by atoms with E-state index in [1.807, 2.05) is 0 Å². The number of piperazine rings is 1. The number of nitrogens with one attached hydrogen (secondary N) is 1. The van der Waals surface area contributed by atoms with E-state index in [1.165, 1.54) is 58.3 Å². The molecule has 0 amide bonds. The van der Waals surface area contributed by atoms with Crippen LogP contribution in [0.3, 0.4) is 0 Å². The van der Waals surface area contributed by atoms with Gasteiger partial charge in [0, 0.05) is 31.2 Å². The van der Waals surface area contributed by atoms with E-state index >= 15 is 0 Å². The first-order valence-corrected chi connectivity index (χ1v) is 7.90. The summed E-state index contributed by atoms with van der Waals surface area (Å²) < 4.78 is 0. The molecule has 0 aromatic carbocycles. The molecule has 1 N–H and O–H groups in total. The zero-order valence-electron chi connectivity index (χ0n) is 12.5. The molecule has 2 rings (SSSR count). The van der Waals surface area contributed by atoms with Gasteiger partial charge in [-0.3, -0.25) is 9.80 Å². The van der Waals surface area contributed by atoms with Gasteiger partial charge in [0.15, 0.2) is 0 Å². The van der Waals surface area contributed by atoms with Crippen molar-refractivity contribution in [2.75, 3.05) is 33.2 Å². The summed E-state index contributed by atoms with van der Waals surface area (Å²) in [5.41, 5.74) is 0. The van der Waals surface area contributed by atoms with E-state index in [-0.39, 0.29) is 0 Å². The van der Waals surface area contributed by atoms with Gasteiger partial charge in [0.1, 0.15) is 0 Å². The quantitative estimate of drug-likeness (QED) is 0.780. The van der Waals surface area contributed by atoms with Crippen LogP contribution in [0.5, 0.6) is 0 Å². The van der Waals surface area contributed by atoms with Gasteiger partial charge >= 0.3 is 0 Å². The van der Waals surface area contributed by atoms with Crippen molar-refractivity contribution in [2.24, 2.45) is 0 Å². The zero-order chi connectivity index (χ0) is 13.0. The minimum absolute atomic E-state index is 0.716. The summed E-state index contributed by atoms with van der Waals surface area (Å²) in [5.74, 6) is 0. The lowest BCUT2D eigenvalue weighted by molar-refractivity contribution is 0.0579. The van der Waals surface area contributed by atoms with Crippen LogP contribution in [0.2, 0.25) is 0 Å². The summed E-state index contributed by atoms with van der Waals surface area (Å²) in [6, 6.07) is 2.34. The fraction of sp³-hybridized carbons (Fsp3) is 1.00. The maximum Gasteiger partial charge on any atom is 0.0224 e. The van der Waals surface area contributed by atoms with Crippen LogP contribution in [-0.2, 0) is 0 Å². The van der Waals surface area contributed by atoms with Gasteiger partial charge in [-0.1, -0.05) is 6.92 Å². The van der Waals surface area contributed by atoms with E-state index in [0.717, 1.165) is 12.1 Å². The summed E-state index contributed by atoms with van der Waals surface area (Å²) >= 11 is 0. The third-order valence-electron chi connectivity index (χ3n) is 4.97. The third-order valence-corrected chi connectivity index (χ3v) is 4.97. The Hall–Kier alpha value is -0.120. The summed E-state index contributed by atoms with van der Waals surface area (Å²) in [7, 11) is 2.09. The van der Waals surface area contributed by atoms with Gasteiger partial charge in [-0.05, 0) is 59.2 Å². The van der Waals surface area contributed by atoms with E-state index in [2.05, 4.69) is 36.0 Å². The van der Waals surface area contributed by atoms with Gasteiger partial charge in [0.05, 0.1) is 0 Å². The average Bonchev–Trinajstić information content (AvgIpc) is 2.81. The van der Waals surface area contributed by atoms with Gasteiger partial charge in [-0.15, -0.1) is 0 Å². The Labute approximate surface area is 113 Å². The van der Waals surface area contributed by atoms with Crippen molar-refractivity contribution in [1.29, 1.82) is 0 Å². The second-order valence-corrected chi connectivity index (χ2v) is 6.17. The minimum Gasteiger partial charge on any atom is -0.317 e. The maximum atomic E-state index is 3.41. The van der Waals surface area contributed by atoms with E-state index in [0.29, 0.717) is 6.04 Å². The van der Waals surface area contributed by atoms with E-state index < -0.39 is 0 Å². The Kier molecular flexibility index (Phi) is 5.46. The first-order valence-electron chi connectivity index (χ1n) is 7.90. The number of nitrogens with zero attached hydrogens (tertiary/aromatic N) is 2. The molecule has 2 fully saturated rings. The van der Waals surface area contributed by atoms with Gasteiger partial charge in [-0.2, -0.15) is 0 Å². The van der Waals surface area contributed by atoms with Crippen LogP contribution >= 0.6 is 0 Å². The second-order valence-electron chi connectivity index (χ2n) is 6.17. The fourth-order valence-corrected chi connectivity index (χ4v) is 3.65. The first kappa shape index (κ1) is 14.3. The molecule has 3 atom stereocenters. The molecule has 0 spiro atoms. The number of rotatable bonds is 6. The second kappa shape index (κ2) is 6.88. The van der Waals surface area contributed by atoms with Crippen LogP contribution < -0.4 is 5.32 Å². The molecular formula is C15H31N3. The molecule has 2 aliphatic rings. The molecule has 106 valence electrons. The number of hydrogen-bond donors (Lipinski definition) is 1. The zero-order valence-corrected chi connectivity index (χ0v) is 12.5. The predicted molar refractivity (Wildman–Crippen MR) is 78.0 cm³/mol. The molecule has 0 aromatic rings. The van der Waals surface area contributed by atoms with Crippen LogP contribution in [0.4, 0.5) is 0 Å². The largest absolute Gasteiger partial charge is 0.317 e. The molecule has 0 radical (unpaired) electrons. The Morgan fingerprint density at radius 3 is 2.89 bits per heavy atom. The predicted octanol–water partition coefficient (Wildman–Crippen LogP) is 1.93. The molecule has 2 heterocycles. The van der Waals surface area contributed by atoms with E-state index in [9.17, 15) is 0 Å². The van der Waals surface area contributed by atoms with Crippen molar-refractivity contribution < 1.29 is 0 Å². The number of hydrogen-bond acceptors (Lipinski definition) is 3. The lowest BCUT2D eigenvalue weighted by atomic mass is 10.1. The Bertz CT molecular complexity index is 240. The van der Waals surface area contributed by atoms with Crippen LogP contribution in [0.25, 0.3) is 0 Å². The highest BCUT2D eigenvalue weighted by Gasteiger charge is 2.33. The monoisotopic (exact) mass is 253 g/mol. The molecule has 18 heavy (non-hydrogen) atoms. The van der Waals surface area contributed by atoms with Crippen LogP contribution in [0.15, 0.2) is 0 Å². The smallest absolute Gasteiger partial charge is 0.0224 e. The number of fused-ring (bicyclic) bond motifs is 1. The molecule has 0 saturated carbocycles. The van der Waals surface area contributed by atoms with Gasteiger partial charge in [0.2, 0.25) is 0 Å². The SMILES string of the molecule is CCC(CCCN1CC2CCCN2CC1C)NC. The molecule has 2 aliphatic heterocycles. The molecule has 2 saturated heterocycles. The molecular weight excluding hydrogens is 222 g/mol. The lowest BCUT2D eigenvalue weighted by Gasteiger charge is -2.42. The van der Waals surface area contributed by atoms with E-state index in [1.54, 1.807) is 0 Å². The Morgan fingerprint density at radius 2 is 2.17 bits per heavy atom. The van der Waals surface area contributed by atoms with Crippen molar-refractivity contribution in [1.82, 2.24) is 15.1 Å². The minimum atomic E-state index is 0.716. The Morgan fingerprint density at radius 1 is 1.33 bits per heavy atom. The molecule has 0 aliphatic carbocycles. The highest BCUT2D eigenvalue weighted by Crippen LogP contribution is 2.24. The summed E-state index contributed by atoms with van der Waals surface area (Å²) in [5, 5.41) is 3.41. The summed E-state index contributed by atoms with van der Waals surface area (Å²) in [6.07, 6.45) is 6.77. The normalized spacial score (nSPS) is 31.5. The Balaban J connectivity index is 1.72. The highest BCUT2D eigenvalue weighted by molar-refractivity contribution is 4.90. The average molecular weight is 253 g/mol. The van der Waals surface area contributed by atoms with Crippen molar-refractivity contribution in [3.63, 3.8) is 0 Å². The van der Waals surface area contributed by atoms with E-state index in [4.69, 9.17) is 0 Å². The fourth-order valence-electron chi connectivity index (χ4n) is 3.65. The lowest BCUT2D eigenvalue weighted by Crippen LogP contribution is -2.55. The molecule has 3 unspecified atom stereocenters. The van der Waals surface area contributed by atoms with Crippen molar-refractivity contribution >= 4 is 0 Å². The first-order chi connectivity index (χ1) is 8.74. The van der Waals surface area contributed by atoms with Crippen molar-refractivity contribution in [2.45, 2.75) is 64.1 Å². The van der Waals surface area contributed by atoms with Crippen LogP contribution in [0.1, 0.15) is 46.0 Å². The topological polar surface area (TPSA) is 18.5 Å². The van der Waals surface area contributed by atoms with Gasteiger partial charge < -0.3 is 5.32 Å². The summed E-state index contributed by atoms with van der Waals surface area (Å²) in [6.45, 7) is 9.95. The molecule has 3 nitrogen and oxygen atoms in total. The third kappa shape index (κ3) is 3.46. The molecule has 0 aromatic heterocycles. The summed E-state index contributed by atoms with van der Waals surface area (Å²) in [4.78, 5) is 5.44. The van der Waals surface area contributed by atoms with Crippen LogP contribution in [0, 0.1) is 0 Å². The van der Waals surface area contributed by atoms with Crippen molar-refractivity contribution in [3.8, 4) is 0 Å². The highest BCUT2D eigenvalue weighted by atomic mass is 15.3. The van der Waals surface area contributed by atoms with Gasteiger partial charge in [0.25, 0.3) is 0 Å². The van der Waals surface area contributed by atoms with Gasteiger partial charge in [-0.25, -0.2) is 0 Å². The van der Waals surface area contributed by atoms with Crippen molar-refractivity contribution in [3.05, 3.63) is 0 Å².